The minimum atomic E-state index is 0.470. The first-order valence-electron chi connectivity index (χ1n) is 7.71. The second-order valence-corrected chi connectivity index (χ2v) is 5.63. The van der Waals surface area contributed by atoms with Crippen LogP contribution in [0.15, 0.2) is 36.4 Å². The molecule has 0 saturated heterocycles. The lowest BCUT2D eigenvalue weighted by Gasteiger charge is -2.15. The number of hydrogen-bond donors (Lipinski definition) is 2. The predicted octanol–water partition coefficient (Wildman–Crippen LogP) is 3.79. The van der Waals surface area contributed by atoms with Crippen molar-refractivity contribution in [2.24, 2.45) is 5.92 Å². The Morgan fingerprint density at radius 3 is 2.52 bits per heavy atom. The summed E-state index contributed by atoms with van der Waals surface area (Å²) in [5.41, 5.74) is 1.04. The Kier molecular flexibility index (Phi) is 4.04. The molecule has 1 fully saturated rings. The Labute approximate surface area is 126 Å². The number of aromatic nitrogens is 2. The Morgan fingerprint density at radius 1 is 1.14 bits per heavy atom. The average molecular weight is 282 g/mol. The summed E-state index contributed by atoms with van der Waals surface area (Å²) in [5, 5.41) is 6.81. The van der Waals surface area contributed by atoms with E-state index in [1.807, 2.05) is 36.4 Å². The lowest BCUT2D eigenvalue weighted by atomic mass is 10.2. The van der Waals surface area contributed by atoms with Crippen molar-refractivity contribution in [3.8, 4) is 11.4 Å². The van der Waals surface area contributed by atoms with E-state index in [0.717, 1.165) is 35.5 Å². The summed E-state index contributed by atoms with van der Waals surface area (Å²) in [6.45, 7) is 5.15. The summed E-state index contributed by atoms with van der Waals surface area (Å²) in [7, 11) is 0. The first kappa shape index (κ1) is 13.9. The molecule has 0 bridgehead atoms. The zero-order chi connectivity index (χ0) is 14.7. The monoisotopic (exact) mass is 282 g/mol. The van der Waals surface area contributed by atoms with Gasteiger partial charge in [-0.2, -0.15) is 0 Å². The van der Waals surface area contributed by atoms with E-state index in [2.05, 4.69) is 34.4 Å². The third kappa shape index (κ3) is 3.51. The van der Waals surface area contributed by atoms with E-state index < -0.39 is 0 Å². The summed E-state index contributed by atoms with van der Waals surface area (Å²) >= 11 is 0. The summed E-state index contributed by atoms with van der Waals surface area (Å²) in [5.74, 6) is 3.33. The molecule has 3 rings (SSSR count). The largest absolute Gasteiger partial charge is 0.370 e. The number of nitrogens with one attached hydrogen (secondary N) is 2. The SMILES string of the molecule is CCNc1cc(NC(C)C2CC2)nc(-c2ccccc2)n1. The molecular formula is C17H22N4. The number of anilines is 2. The molecular weight excluding hydrogens is 260 g/mol. The molecule has 2 aromatic rings. The smallest absolute Gasteiger partial charge is 0.163 e. The highest BCUT2D eigenvalue weighted by Crippen LogP contribution is 2.34. The van der Waals surface area contributed by atoms with Gasteiger partial charge in [-0.3, -0.25) is 0 Å². The van der Waals surface area contributed by atoms with Crippen LogP contribution in [0.25, 0.3) is 11.4 Å². The van der Waals surface area contributed by atoms with Crippen LogP contribution in [0.4, 0.5) is 11.6 Å². The Bertz CT molecular complexity index is 593. The minimum Gasteiger partial charge on any atom is -0.370 e. The van der Waals surface area contributed by atoms with E-state index in [-0.39, 0.29) is 0 Å². The van der Waals surface area contributed by atoms with Crippen LogP contribution < -0.4 is 10.6 Å². The molecule has 110 valence electrons. The molecule has 1 saturated carbocycles. The quantitative estimate of drug-likeness (QED) is 0.846. The van der Waals surface area contributed by atoms with Crippen LogP contribution >= 0.6 is 0 Å². The second-order valence-electron chi connectivity index (χ2n) is 5.63. The predicted molar refractivity (Wildman–Crippen MR) is 87.4 cm³/mol. The van der Waals surface area contributed by atoms with Gasteiger partial charge >= 0.3 is 0 Å². The number of nitrogens with zero attached hydrogens (tertiary/aromatic N) is 2. The summed E-state index contributed by atoms with van der Waals surface area (Å²) in [4.78, 5) is 9.27. The minimum absolute atomic E-state index is 0.470. The molecule has 1 aromatic carbocycles. The Morgan fingerprint density at radius 2 is 1.86 bits per heavy atom. The van der Waals surface area contributed by atoms with E-state index >= 15 is 0 Å². The third-order valence-corrected chi connectivity index (χ3v) is 3.82. The Balaban J connectivity index is 1.89. The van der Waals surface area contributed by atoms with Crippen LogP contribution in [-0.4, -0.2) is 22.6 Å². The van der Waals surface area contributed by atoms with Crippen LogP contribution in [0, 0.1) is 5.92 Å². The molecule has 2 N–H and O–H groups in total. The van der Waals surface area contributed by atoms with Gasteiger partial charge in [0.2, 0.25) is 0 Å². The van der Waals surface area contributed by atoms with E-state index in [0.29, 0.717) is 6.04 Å². The molecule has 21 heavy (non-hydrogen) atoms. The average Bonchev–Trinajstić information content (AvgIpc) is 3.33. The summed E-state index contributed by atoms with van der Waals surface area (Å²) in [6, 6.07) is 12.6. The summed E-state index contributed by atoms with van der Waals surface area (Å²) in [6.07, 6.45) is 2.65. The Hall–Kier alpha value is -2.10. The lowest BCUT2D eigenvalue weighted by Crippen LogP contribution is -2.18. The molecule has 4 nitrogen and oxygen atoms in total. The zero-order valence-electron chi connectivity index (χ0n) is 12.6. The molecule has 0 amide bonds. The lowest BCUT2D eigenvalue weighted by molar-refractivity contribution is 0.690. The van der Waals surface area contributed by atoms with Crippen molar-refractivity contribution < 1.29 is 0 Å². The van der Waals surface area contributed by atoms with Gasteiger partial charge in [0, 0.05) is 24.2 Å². The van der Waals surface area contributed by atoms with Crippen LogP contribution in [0.2, 0.25) is 0 Å². The fourth-order valence-electron chi connectivity index (χ4n) is 2.46. The molecule has 4 heteroatoms. The van der Waals surface area contributed by atoms with E-state index in [1.165, 1.54) is 12.8 Å². The van der Waals surface area contributed by atoms with Gasteiger partial charge in [0.05, 0.1) is 0 Å². The molecule has 1 unspecified atom stereocenters. The van der Waals surface area contributed by atoms with Gasteiger partial charge in [-0.05, 0) is 32.6 Å². The molecule has 1 heterocycles. The van der Waals surface area contributed by atoms with Crippen molar-refractivity contribution in [3.05, 3.63) is 36.4 Å². The first-order chi connectivity index (χ1) is 10.3. The van der Waals surface area contributed by atoms with Gasteiger partial charge in [-0.1, -0.05) is 30.3 Å². The molecule has 1 atom stereocenters. The number of rotatable bonds is 6. The fraction of sp³-hybridized carbons (Fsp3) is 0.412. The maximum Gasteiger partial charge on any atom is 0.163 e. The normalized spacial score (nSPS) is 15.5. The van der Waals surface area contributed by atoms with E-state index in [4.69, 9.17) is 0 Å². The molecule has 1 aliphatic rings. The first-order valence-corrected chi connectivity index (χ1v) is 7.71. The molecule has 1 aromatic heterocycles. The third-order valence-electron chi connectivity index (χ3n) is 3.82. The van der Waals surface area contributed by atoms with Crippen LogP contribution in [0.1, 0.15) is 26.7 Å². The van der Waals surface area contributed by atoms with Crippen LogP contribution in [-0.2, 0) is 0 Å². The van der Waals surface area contributed by atoms with Gasteiger partial charge in [0.1, 0.15) is 11.6 Å². The van der Waals surface area contributed by atoms with Crippen LogP contribution in [0.3, 0.4) is 0 Å². The van der Waals surface area contributed by atoms with Crippen LogP contribution in [0.5, 0.6) is 0 Å². The van der Waals surface area contributed by atoms with E-state index in [1.54, 1.807) is 0 Å². The maximum absolute atomic E-state index is 4.67. The van der Waals surface area contributed by atoms with Crippen molar-refractivity contribution in [1.29, 1.82) is 0 Å². The standard InChI is InChI=1S/C17H22N4/c1-3-18-15-11-16(19-12(2)13-9-10-13)21-17(20-15)14-7-5-4-6-8-14/h4-8,11-13H,3,9-10H2,1-2H3,(H2,18,19,20,21). The maximum atomic E-state index is 4.67. The topological polar surface area (TPSA) is 49.8 Å². The van der Waals surface area contributed by atoms with Gasteiger partial charge < -0.3 is 10.6 Å². The number of benzene rings is 1. The van der Waals surface area contributed by atoms with Gasteiger partial charge in [-0.25, -0.2) is 9.97 Å². The highest BCUT2D eigenvalue weighted by atomic mass is 15.1. The van der Waals surface area contributed by atoms with Crippen molar-refractivity contribution in [2.45, 2.75) is 32.7 Å². The van der Waals surface area contributed by atoms with Crippen molar-refractivity contribution in [1.82, 2.24) is 9.97 Å². The van der Waals surface area contributed by atoms with Gasteiger partial charge in [0.25, 0.3) is 0 Å². The zero-order valence-corrected chi connectivity index (χ0v) is 12.6. The molecule has 0 spiro atoms. The van der Waals surface area contributed by atoms with Gasteiger partial charge in [0.15, 0.2) is 5.82 Å². The molecule has 0 aliphatic heterocycles. The highest BCUT2D eigenvalue weighted by molar-refractivity contribution is 5.61. The van der Waals surface area contributed by atoms with Crippen molar-refractivity contribution >= 4 is 11.6 Å². The molecule has 1 aliphatic carbocycles. The number of hydrogen-bond acceptors (Lipinski definition) is 4. The van der Waals surface area contributed by atoms with Crippen molar-refractivity contribution in [3.63, 3.8) is 0 Å². The highest BCUT2D eigenvalue weighted by Gasteiger charge is 2.28. The second kappa shape index (κ2) is 6.12. The fourth-order valence-corrected chi connectivity index (χ4v) is 2.46. The van der Waals surface area contributed by atoms with Crippen molar-refractivity contribution in [2.75, 3.05) is 17.2 Å². The summed E-state index contributed by atoms with van der Waals surface area (Å²) < 4.78 is 0. The van der Waals surface area contributed by atoms with Gasteiger partial charge in [-0.15, -0.1) is 0 Å². The van der Waals surface area contributed by atoms with E-state index in [9.17, 15) is 0 Å². The molecule has 0 radical (unpaired) electrons.